The molecule has 96 valence electrons. The standard InChI is InChI=1S/C13H23N3S/c1-9(2)6-7-17-12-8-11(14-5)15-13(16-12)10(3)4/h8-10H,6-7H2,1-5H3,(H,14,15,16). The van der Waals surface area contributed by atoms with Crippen LogP contribution in [0.1, 0.15) is 45.9 Å². The summed E-state index contributed by atoms with van der Waals surface area (Å²) in [6.45, 7) is 8.74. The summed E-state index contributed by atoms with van der Waals surface area (Å²) in [4.78, 5) is 9.05. The molecule has 0 bridgehead atoms. The highest BCUT2D eigenvalue weighted by Crippen LogP contribution is 2.23. The van der Waals surface area contributed by atoms with Gasteiger partial charge in [-0.15, -0.1) is 11.8 Å². The first kappa shape index (κ1) is 14.3. The van der Waals surface area contributed by atoms with Gasteiger partial charge in [-0.2, -0.15) is 0 Å². The highest BCUT2D eigenvalue weighted by Gasteiger charge is 2.08. The normalized spacial score (nSPS) is 11.2. The number of aromatic nitrogens is 2. The number of nitrogens with zero attached hydrogens (tertiary/aromatic N) is 2. The third-order valence-electron chi connectivity index (χ3n) is 2.44. The maximum atomic E-state index is 4.59. The van der Waals surface area contributed by atoms with Crippen LogP contribution in [0.4, 0.5) is 5.82 Å². The molecular formula is C13H23N3S. The molecule has 0 amide bonds. The summed E-state index contributed by atoms with van der Waals surface area (Å²) < 4.78 is 0. The minimum Gasteiger partial charge on any atom is -0.373 e. The maximum absolute atomic E-state index is 4.59. The zero-order valence-electron chi connectivity index (χ0n) is 11.4. The Morgan fingerprint density at radius 1 is 1.24 bits per heavy atom. The van der Waals surface area contributed by atoms with Gasteiger partial charge in [-0.1, -0.05) is 27.7 Å². The lowest BCUT2D eigenvalue weighted by atomic mass is 10.2. The van der Waals surface area contributed by atoms with E-state index in [0.29, 0.717) is 5.92 Å². The lowest BCUT2D eigenvalue weighted by Gasteiger charge is -2.10. The van der Waals surface area contributed by atoms with Crippen molar-refractivity contribution in [3.05, 3.63) is 11.9 Å². The van der Waals surface area contributed by atoms with Gasteiger partial charge in [-0.25, -0.2) is 9.97 Å². The van der Waals surface area contributed by atoms with Gasteiger partial charge in [0.25, 0.3) is 0 Å². The average Bonchev–Trinajstić information content (AvgIpc) is 2.28. The van der Waals surface area contributed by atoms with Crippen LogP contribution in [0, 0.1) is 5.92 Å². The number of thioether (sulfide) groups is 1. The Bertz CT molecular complexity index is 351. The number of hydrogen-bond donors (Lipinski definition) is 1. The predicted molar refractivity (Wildman–Crippen MR) is 75.8 cm³/mol. The first-order valence-corrected chi connectivity index (χ1v) is 7.21. The molecule has 0 fully saturated rings. The molecule has 0 aliphatic heterocycles. The summed E-state index contributed by atoms with van der Waals surface area (Å²) in [5.41, 5.74) is 0. The van der Waals surface area contributed by atoms with Gasteiger partial charge in [0.15, 0.2) is 0 Å². The van der Waals surface area contributed by atoms with Gasteiger partial charge in [0.05, 0.1) is 0 Å². The van der Waals surface area contributed by atoms with Gasteiger partial charge in [0, 0.05) is 19.0 Å². The molecule has 0 saturated heterocycles. The third-order valence-corrected chi connectivity index (χ3v) is 3.38. The average molecular weight is 253 g/mol. The Hall–Kier alpha value is -0.770. The van der Waals surface area contributed by atoms with Gasteiger partial charge in [0.2, 0.25) is 0 Å². The fraction of sp³-hybridized carbons (Fsp3) is 0.692. The monoisotopic (exact) mass is 253 g/mol. The van der Waals surface area contributed by atoms with Gasteiger partial charge in [-0.3, -0.25) is 0 Å². The second kappa shape index (κ2) is 6.84. The van der Waals surface area contributed by atoms with Crippen LogP contribution in [0.5, 0.6) is 0 Å². The van der Waals surface area contributed by atoms with Crippen molar-refractivity contribution in [2.24, 2.45) is 5.92 Å². The quantitative estimate of drug-likeness (QED) is 0.618. The van der Waals surface area contributed by atoms with E-state index in [1.807, 2.05) is 24.9 Å². The summed E-state index contributed by atoms with van der Waals surface area (Å²) in [7, 11) is 1.90. The molecule has 0 unspecified atom stereocenters. The SMILES string of the molecule is CNc1cc(SCCC(C)C)nc(C(C)C)n1. The second-order valence-corrected chi connectivity index (χ2v) is 6.00. The van der Waals surface area contributed by atoms with Crippen LogP contribution < -0.4 is 5.32 Å². The van der Waals surface area contributed by atoms with E-state index in [1.165, 1.54) is 6.42 Å². The molecule has 0 aliphatic rings. The summed E-state index contributed by atoms with van der Waals surface area (Å²) in [6.07, 6.45) is 1.22. The van der Waals surface area contributed by atoms with Crippen LogP contribution in [-0.4, -0.2) is 22.8 Å². The molecule has 1 aromatic rings. The highest BCUT2D eigenvalue weighted by molar-refractivity contribution is 7.99. The summed E-state index contributed by atoms with van der Waals surface area (Å²) in [5, 5.41) is 4.17. The molecule has 4 heteroatoms. The first-order chi connectivity index (χ1) is 8.02. The lowest BCUT2D eigenvalue weighted by Crippen LogP contribution is -2.03. The Kier molecular flexibility index (Phi) is 5.75. The first-order valence-electron chi connectivity index (χ1n) is 6.22. The molecule has 0 aromatic carbocycles. The molecule has 0 spiro atoms. The van der Waals surface area contributed by atoms with E-state index in [1.54, 1.807) is 0 Å². The lowest BCUT2D eigenvalue weighted by molar-refractivity contribution is 0.631. The molecule has 0 saturated carbocycles. The minimum atomic E-state index is 0.368. The summed E-state index contributed by atoms with van der Waals surface area (Å²) >= 11 is 1.82. The molecule has 0 aliphatic carbocycles. The minimum absolute atomic E-state index is 0.368. The van der Waals surface area contributed by atoms with E-state index >= 15 is 0 Å². The second-order valence-electron chi connectivity index (χ2n) is 4.89. The van der Waals surface area contributed by atoms with E-state index in [4.69, 9.17) is 0 Å². The van der Waals surface area contributed by atoms with Crippen LogP contribution in [0.2, 0.25) is 0 Å². The summed E-state index contributed by atoms with van der Waals surface area (Å²) in [5.74, 6) is 4.07. The number of rotatable bonds is 6. The molecule has 17 heavy (non-hydrogen) atoms. The van der Waals surface area contributed by atoms with E-state index in [9.17, 15) is 0 Å². The molecule has 1 heterocycles. The molecule has 1 N–H and O–H groups in total. The number of nitrogens with one attached hydrogen (secondary N) is 1. The van der Waals surface area contributed by atoms with Crippen molar-refractivity contribution >= 4 is 17.6 Å². The van der Waals surface area contributed by atoms with Crippen LogP contribution >= 0.6 is 11.8 Å². The number of anilines is 1. The Morgan fingerprint density at radius 2 is 1.94 bits per heavy atom. The molecule has 0 radical (unpaired) electrons. The van der Waals surface area contributed by atoms with Crippen molar-refractivity contribution < 1.29 is 0 Å². The van der Waals surface area contributed by atoms with E-state index < -0.39 is 0 Å². The van der Waals surface area contributed by atoms with Gasteiger partial charge in [-0.05, 0) is 18.1 Å². The van der Waals surface area contributed by atoms with Crippen molar-refractivity contribution in [3.63, 3.8) is 0 Å². The predicted octanol–water partition coefficient (Wildman–Crippen LogP) is 3.78. The van der Waals surface area contributed by atoms with Crippen molar-refractivity contribution in [2.45, 2.75) is 45.1 Å². The van der Waals surface area contributed by atoms with Crippen molar-refractivity contribution in [1.29, 1.82) is 0 Å². The zero-order chi connectivity index (χ0) is 12.8. The Labute approximate surface area is 109 Å². The van der Waals surface area contributed by atoms with E-state index in [-0.39, 0.29) is 0 Å². The van der Waals surface area contributed by atoms with Crippen LogP contribution in [-0.2, 0) is 0 Å². The molecular weight excluding hydrogens is 230 g/mol. The van der Waals surface area contributed by atoms with Crippen molar-refractivity contribution in [3.8, 4) is 0 Å². The van der Waals surface area contributed by atoms with Gasteiger partial charge >= 0.3 is 0 Å². The Balaban J connectivity index is 2.73. The van der Waals surface area contributed by atoms with Gasteiger partial charge in [0.1, 0.15) is 16.7 Å². The smallest absolute Gasteiger partial charge is 0.134 e. The largest absolute Gasteiger partial charge is 0.373 e. The molecule has 0 atom stereocenters. The summed E-state index contributed by atoms with van der Waals surface area (Å²) in [6, 6.07) is 2.02. The van der Waals surface area contributed by atoms with Crippen molar-refractivity contribution in [1.82, 2.24) is 9.97 Å². The molecule has 3 nitrogen and oxygen atoms in total. The van der Waals surface area contributed by atoms with E-state index in [0.717, 1.165) is 28.3 Å². The van der Waals surface area contributed by atoms with Gasteiger partial charge < -0.3 is 5.32 Å². The van der Waals surface area contributed by atoms with E-state index in [2.05, 4.69) is 43.0 Å². The maximum Gasteiger partial charge on any atom is 0.134 e. The highest BCUT2D eigenvalue weighted by atomic mass is 32.2. The fourth-order valence-corrected chi connectivity index (χ4v) is 2.45. The van der Waals surface area contributed by atoms with Crippen molar-refractivity contribution in [2.75, 3.05) is 18.1 Å². The third kappa shape index (κ3) is 4.94. The van der Waals surface area contributed by atoms with Crippen LogP contribution in [0.25, 0.3) is 0 Å². The number of hydrogen-bond acceptors (Lipinski definition) is 4. The van der Waals surface area contributed by atoms with Crippen LogP contribution in [0.15, 0.2) is 11.1 Å². The zero-order valence-corrected chi connectivity index (χ0v) is 12.3. The van der Waals surface area contributed by atoms with Crippen LogP contribution in [0.3, 0.4) is 0 Å². The Morgan fingerprint density at radius 3 is 2.47 bits per heavy atom. The fourth-order valence-electron chi connectivity index (χ4n) is 1.30. The topological polar surface area (TPSA) is 37.8 Å². The molecule has 1 aromatic heterocycles. The molecule has 1 rings (SSSR count).